The summed E-state index contributed by atoms with van der Waals surface area (Å²) in [6, 6.07) is 8.15. The maximum absolute atomic E-state index is 5.52. The van der Waals surface area contributed by atoms with E-state index in [4.69, 9.17) is 5.73 Å². The molecule has 0 amide bonds. The Hall–Kier alpha value is -1.94. The van der Waals surface area contributed by atoms with Crippen LogP contribution >= 0.6 is 0 Å². The molecule has 0 unspecified atom stereocenters. The van der Waals surface area contributed by atoms with E-state index in [1.54, 1.807) is 12.4 Å². The van der Waals surface area contributed by atoms with Gasteiger partial charge in [0.05, 0.1) is 0 Å². The van der Waals surface area contributed by atoms with Crippen molar-refractivity contribution in [1.82, 2.24) is 9.97 Å². The minimum Gasteiger partial charge on any atom is -0.326 e. The quantitative estimate of drug-likeness (QED) is 0.873. The summed E-state index contributed by atoms with van der Waals surface area (Å²) in [6.07, 6.45) is 3.52. The molecule has 88 valence electrons. The molecule has 0 saturated carbocycles. The molecule has 2 rings (SSSR count). The SMILES string of the molecule is Cc1ccccc1N(C)c1ncc(CN)cn1. The number of para-hydroxylation sites is 1. The first-order chi connectivity index (χ1) is 8.22. The fourth-order valence-electron chi connectivity index (χ4n) is 1.67. The summed E-state index contributed by atoms with van der Waals surface area (Å²) >= 11 is 0. The van der Waals surface area contributed by atoms with Crippen LogP contribution in [-0.4, -0.2) is 17.0 Å². The van der Waals surface area contributed by atoms with Crippen molar-refractivity contribution in [1.29, 1.82) is 0 Å². The molecular formula is C13H16N4. The van der Waals surface area contributed by atoms with Gasteiger partial charge < -0.3 is 10.6 Å². The first-order valence-electron chi connectivity index (χ1n) is 5.52. The molecule has 1 aromatic carbocycles. The van der Waals surface area contributed by atoms with E-state index in [2.05, 4.69) is 29.0 Å². The Morgan fingerprint density at radius 3 is 2.41 bits per heavy atom. The standard InChI is InChI=1S/C13H16N4/c1-10-5-3-4-6-12(10)17(2)13-15-8-11(7-14)9-16-13/h3-6,8-9H,7,14H2,1-2H3. The van der Waals surface area contributed by atoms with Crippen LogP contribution in [0.5, 0.6) is 0 Å². The largest absolute Gasteiger partial charge is 0.326 e. The van der Waals surface area contributed by atoms with Crippen molar-refractivity contribution in [3.05, 3.63) is 47.8 Å². The third kappa shape index (κ3) is 2.42. The van der Waals surface area contributed by atoms with Crippen LogP contribution in [0.3, 0.4) is 0 Å². The molecule has 0 aliphatic carbocycles. The van der Waals surface area contributed by atoms with Crippen molar-refractivity contribution in [2.24, 2.45) is 5.73 Å². The minimum absolute atomic E-state index is 0.467. The summed E-state index contributed by atoms with van der Waals surface area (Å²) in [5.41, 5.74) is 8.76. The van der Waals surface area contributed by atoms with Gasteiger partial charge in [-0.05, 0) is 18.6 Å². The number of nitrogens with two attached hydrogens (primary N) is 1. The van der Waals surface area contributed by atoms with Crippen LogP contribution in [-0.2, 0) is 6.54 Å². The van der Waals surface area contributed by atoms with Crippen LogP contribution in [0.4, 0.5) is 11.6 Å². The molecule has 4 nitrogen and oxygen atoms in total. The Bertz CT molecular complexity index is 493. The number of hydrogen-bond acceptors (Lipinski definition) is 4. The molecule has 4 heteroatoms. The lowest BCUT2D eigenvalue weighted by Gasteiger charge is -2.19. The molecule has 2 N–H and O–H groups in total. The number of benzene rings is 1. The van der Waals surface area contributed by atoms with Crippen LogP contribution in [0, 0.1) is 6.92 Å². The van der Waals surface area contributed by atoms with E-state index < -0.39 is 0 Å². The van der Waals surface area contributed by atoms with Gasteiger partial charge in [-0.1, -0.05) is 18.2 Å². The number of nitrogens with zero attached hydrogens (tertiary/aromatic N) is 3. The van der Waals surface area contributed by atoms with Gasteiger partial charge in [-0.2, -0.15) is 0 Å². The van der Waals surface area contributed by atoms with E-state index >= 15 is 0 Å². The molecule has 17 heavy (non-hydrogen) atoms. The Morgan fingerprint density at radius 2 is 1.82 bits per heavy atom. The molecule has 0 fully saturated rings. The maximum Gasteiger partial charge on any atom is 0.229 e. The Kier molecular flexibility index (Phi) is 3.35. The summed E-state index contributed by atoms with van der Waals surface area (Å²) in [6.45, 7) is 2.54. The van der Waals surface area contributed by atoms with Gasteiger partial charge in [0, 0.05) is 37.2 Å². The number of hydrogen-bond donors (Lipinski definition) is 1. The van der Waals surface area contributed by atoms with Crippen molar-refractivity contribution < 1.29 is 0 Å². The summed E-state index contributed by atoms with van der Waals surface area (Å²) in [5.74, 6) is 0.677. The predicted molar refractivity (Wildman–Crippen MR) is 69.2 cm³/mol. The monoisotopic (exact) mass is 228 g/mol. The minimum atomic E-state index is 0.467. The van der Waals surface area contributed by atoms with Gasteiger partial charge in [0.15, 0.2) is 0 Å². The van der Waals surface area contributed by atoms with E-state index in [9.17, 15) is 0 Å². The second kappa shape index (κ2) is 4.93. The lowest BCUT2D eigenvalue weighted by molar-refractivity contribution is 0.974. The molecule has 0 saturated heterocycles. The summed E-state index contributed by atoms with van der Waals surface area (Å²) in [5, 5.41) is 0. The fourth-order valence-corrected chi connectivity index (χ4v) is 1.67. The van der Waals surface area contributed by atoms with Crippen LogP contribution < -0.4 is 10.6 Å². The lowest BCUT2D eigenvalue weighted by atomic mass is 10.2. The smallest absolute Gasteiger partial charge is 0.229 e. The summed E-state index contributed by atoms with van der Waals surface area (Å²) in [4.78, 5) is 10.6. The van der Waals surface area contributed by atoms with Crippen molar-refractivity contribution in [3.8, 4) is 0 Å². The van der Waals surface area contributed by atoms with Gasteiger partial charge in [0.1, 0.15) is 0 Å². The highest BCUT2D eigenvalue weighted by atomic mass is 15.2. The Balaban J connectivity index is 2.30. The third-order valence-electron chi connectivity index (χ3n) is 2.70. The second-order valence-electron chi connectivity index (χ2n) is 3.94. The van der Waals surface area contributed by atoms with E-state index in [0.717, 1.165) is 11.3 Å². The van der Waals surface area contributed by atoms with E-state index in [0.29, 0.717) is 12.5 Å². The van der Waals surface area contributed by atoms with Crippen LogP contribution in [0.25, 0.3) is 0 Å². The molecule has 0 radical (unpaired) electrons. The Morgan fingerprint density at radius 1 is 1.18 bits per heavy atom. The molecule has 0 aliphatic rings. The van der Waals surface area contributed by atoms with Gasteiger partial charge in [0.25, 0.3) is 0 Å². The van der Waals surface area contributed by atoms with E-state index in [1.165, 1.54) is 5.56 Å². The molecule has 1 aromatic heterocycles. The van der Waals surface area contributed by atoms with Crippen molar-refractivity contribution in [2.75, 3.05) is 11.9 Å². The van der Waals surface area contributed by atoms with Gasteiger partial charge in [-0.15, -0.1) is 0 Å². The van der Waals surface area contributed by atoms with Crippen molar-refractivity contribution in [2.45, 2.75) is 13.5 Å². The molecule has 2 aromatic rings. The number of aromatic nitrogens is 2. The number of anilines is 2. The molecule has 0 bridgehead atoms. The lowest BCUT2D eigenvalue weighted by Crippen LogP contribution is -2.14. The zero-order valence-corrected chi connectivity index (χ0v) is 10.1. The number of aryl methyl sites for hydroxylation is 1. The summed E-state index contributed by atoms with van der Waals surface area (Å²) in [7, 11) is 1.96. The topological polar surface area (TPSA) is 55.0 Å². The normalized spacial score (nSPS) is 10.3. The Labute approximate surface area is 101 Å². The van der Waals surface area contributed by atoms with Crippen molar-refractivity contribution >= 4 is 11.6 Å². The molecule has 1 heterocycles. The van der Waals surface area contributed by atoms with Crippen molar-refractivity contribution in [3.63, 3.8) is 0 Å². The molecule has 0 spiro atoms. The third-order valence-corrected chi connectivity index (χ3v) is 2.70. The number of rotatable bonds is 3. The van der Waals surface area contributed by atoms with Crippen LogP contribution in [0.1, 0.15) is 11.1 Å². The molecule has 0 aliphatic heterocycles. The first kappa shape index (κ1) is 11.5. The summed E-state index contributed by atoms with van der Waals surface area (Å²) < 4.78 is 0. The highest BCUT2D eigenvalue weighted by Crippen LogP contribution is 2.23. The molecule has 0 atom stereocenters. The second-order valence-corrected chi connectivity index (χ2v) is 3.94. The predicted octanol–water partition coefficient (Wildman–Crippen LogP) is 2.01. The van der Waals surface area contributed by atoms with E-state index in [1.807, 2.05) is 24.1 Å². The zero-order valence-electron chi connectivity index (χ0n) is 10.1. The average Bonchev–Trinajstić information content (AvgIpc) is 2.39. The van der Waals surface area contributed by atoms with E-state index in [-0.39, 0.29) is 0 Å². The first-order valence-corrected chi connectivity index (χ1v) is 5.52. The van der Waals surface area contributed by atoms with Gasteiger partial charge in [0.2, 0.25) is 5.95 Å². The van der Waals surface area contributed by atoms with Gasteiger partial charge in [-0.25, -0.2) is 9.97 Å². The highest BCUT2D eigenvalue weighted by molar-refractivity contribution is 5.60. The maximum atomic E-state index is 5.52. The molecular weight excluding hydrogens is 212 g/mol. The zero-order chi connectivity index (χ0) is 12.3. The van der Waals surface area contributed by atoms with Crippen LogP contribution in [0.15, 0.2) is 36.7 Å². The van der Waals surface area contributed by atoms with Crippen LogP contribution in [0.2, 0.25) is 0 Å². The van der Waals surface area contributed by atoms with Gasteiger partial charge >= 0.3 is 0 Å². The highest BCUT2D eigenvalue weighted by Gasteiger charge is 2.08. The fraction of sp³-hybridized carbons (Fsp3) is 0.231. The average molecular weight is 228 g/mol. The van der Waals surface area contributed by atoms with Gasteiger partial charge in [-0.3, -0.25) is 0 Å².